The fourth-order valence-electron chi connectivity index (χ4n) is 1.09. The van der Waals surface area contributed by atoms with Crippen molar-refractivity contribution in [3.05, 3.63) is 11.3 Å². The fraction of sp³-hybridized carbons (Fsp3) is 0.556. The maximum Gasteiger partial charge on any atom is 0.350 e. The number of hydrogen-bond acceptors (Lipinski definition) is 5. The van der Waals surface area contributed by atoms with E-state index in [1.54, 1.807) is 6.92 Å². The molecule has 0 aromatic rings. The van der Waals surface area contributed by atoms with Crippen LogP contribution in [0.3, 0.4) is 0 Å². The van der Waals surface area contributed by atoms with Crippen molar-refractivity contribution < 1.29 is 19.1 Å². The predicted octanol–water partition coefficient (Wildman–Crippen LogP) is 0.445. The van der Waals surface area contributed by atoms with Gasteiger partial charge >= 0.3 is 11.9 Å². The fourth-order valence-corrected chi connectivity index (χ4v) is 1.09. The summed E-state index contributed by atoms with van der Waals surface area (Å²) in [6.07, 6.45) is 0.403. The first-order valence-corrected chi connectivity index (χ1v) is 4.32. The molecule has 0 bridgehead atoms. The molecule has 1 heterocycles. The third-order valence-electron chi connectivity index (χ3n) is 1.79. The summed E-state index contributed by atoms with van der Waals surface area (Å²) in [7, 11) is 0. The van der Waals surface area contributed by atoms with Gasteiger partial charge in [0.05, 0.1) is 0 Å². The van der Waals surface area contributed by atoms with Gasteiger partial charge in [-0.1, -0.05) is 6.92 Å². The predicted molar refractivity (Wildman–Crippen MR) is 47.8 cm³/mol. The number of ether oxygens (including phenoxy) is 2. The monoisotopic (exact) mass is 199 g/mol. The minimum atomic E-state index is -1.20. The Labute approximate surface area is 81.9 Å². The van der Waals surface area contributed by atoms with E-state index in [0.717, 1.165) is 0 Å². The van der Waals surface area contributed by atoms with E-state index in [2.05, 4.69) is 0 Å². The molecule has 0 unspecified atom stereocenters. The maximum atomic E-state index is 11.4. The second kappa shape index (κ2) is 3.32. The minimum Gasteiger partial charge on any atom is -0.419 e. The van der Waals surface area contributed by atoms with Crippen LogP contribution in [0.1, 0.15) is 27.2 Å². The average molecular weight is 199 g/mol. The largest absolute Gasteiger partial charge is 0.419 e. The zero-order valence-corrected chi connectivity index (χ0v) is 8.42. The van der Waals surface area contributed by atoms with Crippen LogP contribution in [0.5, 0.6) is 0 Å². The maximum absolute atomic E-state index is 11.4. The number of carbonyl (C=O) groups excluding carboxylic acids is 2. The Hall–Kier alpha value is -1.52. The van der Waals surface area contributed by atoms with E-state index in [1.165, 1.54) is 13.8 Å². The van der Waals surface area contributed by atoms with Crippen molar-refractivity contribution in [3.63, 3.8) is 0 Å². The molecular weight excluding hydrogens is 186 g/mol. The highest BCUT2D eigenvalue weighted by Crippen LogP contribution is 2.23. The van der Waals surface area contributed by atoms with Crippen molar-refractivity contribution in [1.29, 1.82) is 0 Å². The molecule has 0 amide bonds. The van der Waals surface area contributed by atoms with Crippen molar-refractivity contribution in [3.8, 4) is 0 Å². The molecule has 1 rings (SSSR count). The van der Waals surface area contributed by atoms with Crippen LogP contribution in [0.2, 0.25) is 0 Å². The second-order valence-corrected chi connectivity index (χ2v) is 3.43. The minimum absolute atomic E-state index is 0.188. The Balaban J connectivity index is 3.04. The van der Waals surface area contributed by atoms with Crippen molar-refractivity contribution in [2.75, 3.05) is 0 Å². The van der Waals surface area contributed by atoms with Crippen molar-refractivity contribution >= 4 is 11.9 Å². The second-order valence-electron chi connectivity index (χ2n) is 3.43. The van der Waals surface area contributed by atoms with Crippen LogP contribution >= 0.6 is 0 Å². The normalized spacial score (nSPS) is 20.1. The van der Waals surface area contributed by atoms with Gasteiger partial charge in [-0.2, -0.15) is 0 Å². The summed E-state index contributed by atoms with van der Waals surface area (Å²) < 4.78 is 9.72. The molecule has 0 saturated carbocycles. The number of esters is 2. The van der Waals surface area contributed by atoms with E-state index >= 15 is 0 Å². The van der Waals surface area contributed by atoms with Gasteiger partial charge in [0, 0.05) is 19.5 Å². The van der Waals surface area contributed by atoms with E-state index in [-0.39, 0.29) is 11.3 Å². The number of rotatable bonds is 1. The standard InChI is InChI=1S/C9H13NO4/c1-4-5(10)6-7(11)13-9(2,3)14-8(6)12/h4,10H2,1-3H3. The van der Waals surface area contributed by atoms with Crippen LogP contribution in [0.15, 0.2) is 11.3 Å². The zero-order valence-electron chi connectivity index (χ0n) is 8.42. The number of carbonyl (C=O) groups is 2. The van der Waals surface area contributed by atoms with Crippen molar-refractivity contribution in [1.82, 2.24) is 0 Å². The Morgan fingerprint density at radius 2 is 1.71 bits per heavy atom. The highest BCUT2D eigenvalue weighted by molar-refractivity contribution is 6.15. The molecule has 5 nitrogen and oxygen atoms in total. The molecule has 78 valence electrons. The van der Waals surface area contributed by atoms with E-state index in [4.69, 9.17) is 15.2 Å². The number of nitrogens with two attached hydrogens (primary N) is 1. The van der Waals surface area contributed by atoms with Gasteiger partial charge in [0.1, 0.15) is 0 Å². The van der Waals surface area contributed by atoms with E-state index in [0.29, 0.717) is 6.42 Å². The summed E-state index contributed by atoms with van der Waals surface area (Å²) in [4.78, 5) is 22.7. The van der Waals surface area contributed by atoms with Crippen LogP contribution in [0.25, 0.3) is 0 Å². The summed E-state index contributed by atoms with van der Waals surface area (Å²) >= 11 is 0. The average Bonchev–Trinajstić information content (AvgIpc) is 1.99. The first-order chi connectivity index (χ1) is 6.37. The molecule has 1 fully saturated rings. The lowest BCUT2D eigenvalue weighted by molar-refractivity contribution is -0.222. The molecule has 0 spiro atoms. The van der Waals surface area contributed by atoms with Crippen LogP contribution in [0, 0.1) is 0 Å². The smallest absolute Gasteiger partial charge is 0.350 e. The van der Waals surface area contributed by atoms with E-state index < -0.39 is 17.7 Å². The molecule has 0 aromatic heterocycles. The zero-order chi connectivity index (χ0) is 10.9. The number of hydrogen-bond donors (Lipinski definition) is 1. The SMILES string of the molecule is CCC(N)=C1C(=O)OC(C)(C)OC1=O. The summed E-state index contributed by atoms with van der Waals surface area (Å²) in [6, 6.07) is 0. The first kappa shape index (κ1) is 10.6. The van der Waals surface area contributed by atoms with Crippen LogP contribution in [-0.2, 0) is 19.1 Å². The summed E-state index contributed by atoms with van der Waals surface area (Å²) in [5.41, 5.74) is 5.50. The Morgan fingerprint density at radius 1 is 1.29 bits per heavy atom. The molecule has 1 saturated heterocycles. The third-order valence-corrected chi connectivity index (χ3v) is 1.79. The van der Waals surface area contributed by atoms with Gasteiger partial charge in [-0.15, -0.1) is 0 Å². The van der Waals surface area contributed by atoms with Gasteiger partial charge in [0.25, 0.3) is 5.79 Å². The van der Waals surface area contributed by atoms with Gasteiger partial charge in [0.15, 0.2) is 5.57 Å². The number of cyclic esters (lactones) is 2. The van der Waals surface area contributed by atoms with E-state index in [1.807, 2.05) is 0 Å². The van der Waals surface area contributed by atoms with Gasteiger partial charge < -0.3 is 15.2 Å². The molecule has 0 aliphatic carbocycles. The molecule has 2 N–H and O–H groups in total. The Morgan fingerprint density at radius 3 is 2.07 bits per heavy atom. The van der Waals surface area contributed by atoms with Crippen molar-refractivity contribution in [2.24, 2.45) is 5.73 Å². The molecule has 0 atom stereocenters. The molecule has 5 heteroatoms. The van der Waals surface area contributed by atoms with Crippen LogP contribution < -0.4 is 5.73 Å². The van der Waals surface area contributed by atoms with Crippen molar-refractivity contribution in [2.45, 2.75) is 33.0 Å². The topological polar surface area (TPSA) is 78.6 Å². The summed E-state index contributed by atoms with van der Waals surface area (Å²) in [6.45, 7) is 4.71. The lowest BCUT2D eigenvalue weighted by Gasteiger charge is -2.30. The van der Waals surface area contributed by atoms with Crippen LogP contribution in [0.4, 0.5) is 0 Å². The van der Waals surface area contributed by atoms with Crippen LogP contribution in [-0.4, -0.2) is 17.7 Å². The van der Waals surface area contributed by atoms with Gasteiger partial charge in [-0.25, -0.2) is 9.59 Å². The Bertz CT molecular complexity index is 295. The Kier molecular flexibility index (Phi) is 2.51. The number of allylic oxidation sites excluding steroid dienone is 1. The van der Waals surface area contributed by atoms with Gasteiger partial charge in [0.2, 0.25) is 0 Å². The summed E-state index contributed by atoms with van der Waals surface area (Å²) in [5.74, 6) is -2.64. The molecule has 1 aliphatic heterocycles. The lowest BCUT2D eigenvalue weighted by atomic mass is 10.1. The molecule has 14 heavy (non-hydrogen) atoms. The quantitative estimate of drug-likeness (QED) is 0.376. The first-order valence-electron chi connectivity index (χ1n) is 4.32. The van der Waals surface area contributed by atoms with E-state index in [9.17, 15) is 9.59 Å². The van der Waals surface area contributed by atoms with Gasteiger partial charge in [-0.05, 0) is 6.42 Å². The third kappa shape index (κ3) is 1.86. The molecule has 1 aliphatic rings. The molecule has 0 aromatic carbocycles. The summed E-state index contributed by atoms with van der Waals surface area (Å²) in [5, 5.41) is 0. The highest BCUT2D eigenvalue weighted by Gasteiger charge is 2.40. The molecule has 0 radical (unpaired) electrons. The van der Waals surface area contributed by atoms with Gasteiger partial charge in [-0.3, -0.25) is 0 Å². The highest BCUT2D eigenvalue weighted by atomic mass is 16.7. The molecular formula is C9H13NO4. The lowest BCUT2D eigenvalue weighted by Crippen LogP contribution is -2.42.